The van der Waals surface area contributed by atoms with Crippen LogP contribution in [0, 0.1) is 0 Å². The Balaban J connectivity index is 3.92. The van der Waals surface area contributed by atoms with Crippen molar-refractivity contribution < 1.29 is 14.3 Å². The Labute approximate surface area is 96.7 Å². The lowest BCUT2D eigenvalue weighted by atomic mass is 10.1. The number of amides is 1. The maximum absolute atomic E-state index is 11.3. The number of carbonyl (C=O) groups excluding carboxylic acids is 2. The fraction of sp³-hybridized carbons (Fsp3) is 0.818. The van der Waals surface area contributed by atoms with Crippen molar-refractivity contribution in [3.63, 3.8) is 0 Å². The van der Waals surface area contributed by atoms with Gasteiger partial charge in [0.2, 0.25) is 5.91 Å². The fourth-order valence-electron chi connectivity index (χ4n) is 0.957. The lowest BCUT2D eigenvalue weighted by Crippen LogP contribution is -2.51. The standard InChI is InChI=1S/C11H22N2O3/c1-10(2,3)16-8(14)6-7-13-11(4,5)9(12)15/h13H,6-7H2,1-5H3,(H2,12,15). The number of hydrogen-bond donors (Lipinski definition) is 2. The van der Waals surface area contributed by atoms with Gasteiger partial charge in [0, 0.05) is 6.54 Å². The van der Waals surface area contributed by atoms with E-state index in [0.29, 0.717) is 6.54 Å². The van der Waals surface area contributed by atoms with Gasteiger partial charge in [-0.2, -0.15) is 0 Å². The lowest BCUT2D eigenvalue weighted by molar-refractivity contribution is -0.154. The lowest BCUT2D eigenvalue weighted by Gasteiger charge is -2.23. The molecule has 0 unspecified atom stereocenters. The summed E-state index contributed by atoms with van der Waals surface area (Å²) in [7, 11) is 0. The molecule has 16 heavy (non-hydrogen) atoms. The summed E-state index contributed by atoms with van der Waals surface area (Å²) < 4.78 is 5.12. The van der Waals surface area contributed by atoms with Crippen LogP contribution in [0.3, 0.4) is 0 Å². The Morgan fingerprint density at radius 2 is 1.69 bits per heavy atom. The molecule has 0 aromatic rings. The summed E-state index contributed by atoms with van der Waals surface area (Å²) in [5.74, 6) is -0.739. The molecule has 0 aromatic carbocycles. The van der Waals surface area contributed by atoms with Gasteiger partial charge in [0.1, 0.15) is 5.60 Å². The minimum absolute atomic E-state index is 0.216. The zero-order valence-corrected chi connectivity index (χ0v) is 10.7. The molecule has 0 bridgehead atoms. The van der Waals surface area contributed by atoms with Gasteiger partial charge in [0.15, 0.2) is 0 Å². The largest absolute Gasteiger partial charge is 0.460 e. The molecule has 0 heterocycles. The first kappa shape index (κ1) is 14.9. The summed E-state index contributed by atoms with van der Waals surface area (Å²) >= 11 is 0. The molecule has 5 heteroatoms. The fourth-order valence-corrected chi connectivity index (χ4v) is 0.957. The highest BCUT2D eigenvalue weighted by molar-refractivity contribution is 5.83. The van der Waals surface area contributed by atoms with Crippen LogP contribution < -0.4 is 11.1 Å². The number of primary amides is 1. The summed E-state index contributed by atoms with van der Waals surface area (Å²) in [5, 5.41) is 2.90. The van der Waals surface area contributed by atoms with Crippen molar-refractivity contribution in [3.05, 3.63) is 0 Å². The summed E-state index contributed by atoms with van der Waals surface area (Å²) in [6, 6.07) is 0. The summed E-state index contributed by atoms with van der Waals surface area (Å²) in [4.78, 5) is 22.3. The molecule has 0 radical (unpaired) electrons. The van der Waals surface area contributed by atoms with Gasteiger partial charge in [-0.15, -0.1) is 0 Å². The van der Waals surface area contributed by atoms with Gasteiger partial charge in [-0.3, -0.25) is 9.59 Å². The van der Waals surface area contributed by atoms with Crippen LogP contribution in [-0.2, 0) is 14.3 Å². The van der Waals surface area contributed by atoms with E-state index >= 15 is 0 Å². The Morgan fingerprint density at radius 1 is 1.19 bits per heavy atom. The van der Waals surface area contributed by atoms with Gasteiger partial charge >= 0.3 is 5.97 Å². The summed E-state index contributed by atoms with van der Waals surface area (Å²) in [5.41, 5.74) is 3.89. The Kier molecular flexibility index (Phi) is 4.93. The van der Waals surface area contributed by atoms with Crippen LogP contribution in [0.4, 0.5) is 0 Å². The number of rotatable bonds is 5. The van der Waals surface area contributed by atoms with E-state index < -0.39 is 17.0 Å². The van der Waals surface area contributed by atoms with Crippen molar-refractivity contribution in [1.82, 2.24) is 5.32 Å². The summed E-state index contributed by atoms with van der Waals surface area (Å²) in [6.07, 6.45) is 0.216. The minimum Gasteiger partial charge on any atom is -0.460 e. The third-order valence-corrected chi connectivity index (χ3v) is 1.93. The SMILES string of the molecule is CC(C)(C)OC(=O)CCNC(C)(C)C(N)=O. The van der Waals surface area contributed by atoms with E-state index in [0.717, 1.165) is 0 Å². The third kappa shape index (κ3) is 6.40. The smallest absolute Gasteiger partial charge is 0.307 e. The van der Waals surface area contributed by atoms with E-state index in [1.807, 2.05) is 20.8 Å². The molecule has 0 saturated heterocycles. The number of hydrogen-bond acceptors (Lipinski definition) is 4. The first-order chi connectivity index (χ1) is 7.04. The van der Waals surface area contributed by atoms with Gasteiger partial charge < -0.3 is 15.8 Å². The molecular formula is C11H22N2O3. The van der Waals surface area contributed by atoms with Gasteiger partial charge in [-0.25, -0.2) is 0 Å². The molecule has 0 fully saturated rings. The van der Waals surface area contributed by atoms with E-state index in [2.05, 4.69) is 5.32 Å². The first-order valence-corrected chi connectivity index (χ1v) is 5.31. The molecule has 94 valence electrons. The van der Waals surface area contributed by atoms with Crippen LogP contribution in [0.5, 0.6) is 0 Å². The number of carbonyl (C=O) groups is 2. The number of ether oxygens (including phenoxy) is 1. The van der Waals surface area contributed by atoms with E-state index in [1.54, 1.807) is 13.8 Å². The molecule has 0 rings (SSSR count). The Morgan fingerprint density at radius 3 is 2.06 bits per heavy atom. The average Bonchev–Trinajstić information content (AvgIpc) is 1.99. The molecule has 5 nitrogen and oxygen atoms in total. The van der Waals surface area contributed by atoms with E-state index in [-0.39, 0.29) is 12.4 Å². The molecule has 0 spiro atoms. The third-order valence-electron chi connectivity index (χ3n) is 1.93. The maximum Gasteiger partial charge on any atom is 0.307 e. The topological polar surface area (TPSA) is 81.4 Å². The molecule has 3 N–H and O–H groups in total. The van der Waals surface area contributed by atoms with Gasteiger partial charge in [0.05, 0.1) is 12.0 Å². The van der Waals surface area contributed by atoms with Crippen LogP contribution in [0.2, 0.25) is 0 Å². The zero-order chi connectivity index (χ0) is 13.0. The molecule has 0 aromatic heterocycles. The monoisotopic (exact) mass is 230 g/mol. The maximum atomic E-state index is 11.3. The molecule has 1 amide bonds. The van der Waals surface area contributed by atoms with Crippen molar-refractivity contribution in [2.45, 2.75) is 52.2 Å². The number of nitrogens with two attached hydrogens (primary N) is 1. The molecule has 0 atom stereocenters. The Hall–Kier alpha value is -1.10. The second-order valence-electron chi connectivity index (χ2n) is 5.25. The molecular weight excluding hydrogens is 208 g/mol. The minimum atomic E-state index is -0.804. The average molecular weight is 230 g/mol. The highest BCUT2D eigenvalue weighted by atomic mass is 16.6. The van der Waals surface area contributed by atoms with Crippen molar-refractivity contribution in [2.75, 3.05) is 6.54 Å². The van der Waals surface area contributed by atoms with Crippen LogP contribution in [-0.4, -0.2) is 29.6 Å². The highest BCUT2D eigenvalue weighted by Crippen LogP contribution is 2.08. The predicted molar refractivity (Wildman–Crippen MR) is 61.7 cm³/mol. The van der Waals surface area contributed by atoms with Gasteiger partial charge in [0.25, 0.3) is 0 Å². The van der Waals surface area contributed by atoms with Gasteiger partial charge in [-0.05, 0) is 34.6 Å². The van der Waals surface area contributed by atoms with E-state index in [1.165, 1.54) is 0 Å². The molecule has 0 aliphatic rings. The van der Waals surface area contributed by atoms with Crippen molar-refractivity contribution in [3.8, 4) is 0 Å². The second kappa shape index (κ2) is 5.30. The van der Waals surface area contributed by atoms with E-state index in [4.69, 9.17) is 10.5 Å². The molecule has 0 saturated carbocycles. The quantitative estimate of drug-likeness (QED) is 0.677. The van der Waals surface area contributed by atoms with E-state index in [9.17, 15) is 9.59 Å². The Bertz CT molecular complexity index is 267. The predicted octanol–water partition coefficient (Wildman–Crippen LogP) is 0.572. The normalized spacial score (nSPS) is 12.3. The van der Waals surface area contributed by atoms with Crippen LogP contribution in [0.1, 0.15) is 41.0 Å². The highest BCUT2D eigenvalue weighted by Gasteiger charge is 2.24. The zero-order valence-electron chi connectivity index (χ0n) is 10.7. The summed E-state index contributed by atoms with van der Waals surface area (Å²) in [6.45, 7) is 9.14. The van der Waals surface area contributed by atoms with Crippen LogP contribution in [0.25, 0.3) is 0 Å². The molecule has 0 aliphatic carbocycles. The molecule has 0 aliphatic heterocycles. The first-order valence-electron chi connectivity index (χ1n) is 5.31. The van der Waals surface area contributed by atoms with Crippen LogP contribution >= 0.6 is 0 Å². The number of esters is 1. The number of nitrogens with one attached hydrogen (secondary N) is 1. The van der Waals surface area contributed by atoms with Crippen molar-refractivity contribution in [1.29, 1.82) is 0 Å². The van der Waals surface area contributed by atoms with Gasteiger partial charge in [-0.1, -0.05) is 0 Å². The van der Waals surface area contributed by atoms with Crippen molar-refractivity contribution >= 4 is 11.9 Å². The second-order valence-corrected chi connectivity index (χ2v) is 5.25. The van der Waals surface area contributed by atoms with Crippen LogP contribution in [0.15, 0.2) is 0 Å². The van der Waals surface area contributed by atoms with Crippen molar-refractivity contribution in [2.24, 2.45) is 5.73 Å².